The Morgan fingerprint density at radius 3 is 2.71 bits per heavy atom. The third-order valence-corrected chi connectivity index (χ3v) is 4.63. The lowest BCUT2D eigenvalue weighted by molar-refractivity contribution is -0.117. The van der Waals surface area contributed by atoms with Crippen molar-refractivity contribution in [3.8, 4) is 0 Å². The summed E-state index contributed by atoms with van der Waals surface area (Å²) in [4.78, 5) is 15.3. The molecular weight excluding hydrogens is 242 g/mol. The number of nitrogens with zero attached hydrogens (tertiary/aromatic N) is 3. The van der Waals surface area contributed by atoms with E-state index in [2.05, 4.69) is 4.98 Å². The molecule has 0 spiro atoms. The van der Waals surface area contributed by atoms with Crippen molar-refractivity contribution in [1.82, 2.24) is 13.3 Å². The van der Waals surface area contributed by atoms with Gasteiger partial charge in [-0.1, -0.05) is 0 Å². The summed E-state index contributed by atoms with van der Waals surface area (Å²) in [6, 6.07) is 0. The highest BCUT2D eigenvalue weighted by molar-refractivity contribution is 7.87. The van der Waals surface area contributed by atoms with Gasteiger partial charge in [-0.3, -0.25) is 4.79 Å². The summed E-state index contributed by atoms with van der Waals surface area (Å²) in [5.74, 6) is 0.293. The minimum absolute atomic E-state index is 0.0705. The monoisotopic (exact) mass is 257 g/mol. The van der Waals surface area contributed by atoms with Crippen LogP contribution in [-0.4, -0.2) is 41.6 Å². The minimum Gasteiger partial charge on any atom is -0.300 e. The molecule has 1 saturated carbocycles. The zero-order valence-electron chi connectivity index (χ0n) is 9.83. The van der Waals surface area contributed by atoms with E-state index < -0.39 is 10.2 Å². The molecule has 0 aliphatic heterocycles. The van der Waals surface area contributed by atoms with E-state index in [4.69, 9.17) is 0 Å². The second-order valence-corrected chi connectivity index (χ2v) is 6.44. The topological polar surface area (TPSA) is 72.3 Å². The quantitative estimate of drug-likeness (QED) is 0.784. The highest BCUT2D eigenvalue weighted by atomic mass is 32.2. The summed E-state index contributed by atoms with van der Waals surface area (Å²) >= 11 is 0. The van der Waals surface area contributed by atoms with Crippen LogP contribution in [0.5, 0.6) is 0 Å². The highest BCUT2D eigenvalue weighted by Gasteiger charge is 2.26. The summed E-state index contributed by atoms with van der Waals surface area (Å²) in [5, 5.41) is 0. The Morgan fingerprint density at radius 2 is 2.18 bits per heavy atom. The number of aromatic nitrogens is 2. The van der Waals surface area contributed by atoms with E-state index in [1.165, 1.54) is 26.6 Å². The predicted octanol–water partition coefficient (Wildman–Crippen LogP) is 0.374. The van der Waals surface area contributed by atoms with Crippen molar-refractivity contribution >= 4 is 16.0 Å². The molecule has 0 saturated heterocycles. The number of Topliss-reactive ketones (excluding diaryl/α,β-unsaturated/α-hetero) is 1. The van der Waals surface area contributed by atoms with Gasteiger partial charge in [0.05, 0.1) is 5.69 Å². The molecule has 0 N–H and O–H groups in total. The lowest BCUT2D eigenvalue weighted by Crippen LogP contribution is -2.27. The molecule has 0 aromatic carbocycles. The molecule has 1 fully saturated rings. The molecule has 0 bridgehead atoms. The molecule has 7 heteroatoms. The van der Waals surface area contributed by atoms with Crippen LogP contribution in [0.15, 0.2) is 12.5 Å². The van der Waals surface area contributed by atoms with Crippen LogP contribution in [0.4, 0.5) is 0 Å². The van der Waals surface area contributed by atoms with Gasteiger partial charge in [0.25, 0.3) is 0 Å². The third kappa shape index (κ3) is 2.25. The average molecular weight is 257 g/mol. The van der Waals surface area contributed by atoms with Gasteiger partial charge < -0.3 is 0 Å². The highest BCUT2D eigenvalue weighted by Crippen LogP contribution is 2.30. The summed E-state index contributed by atoms with van der Waals surface area (Å²) in [5.41, 5.74) is 0.682. The Kier molecular flexibility index (Phi) is 3.05. The Morgan fingerprint density at radius 1 is 1.47 bits per heavy atom. The molecule has 1 unspecified atom stereocenters. The van der Waals surface area contributed by atoms with Gasteiger partial charge in [-0.2, -0.15) is 12.7 Å². The van der Waals surface area contributed by atoms with Crippen LogP contribution >= 0.6 is 0 Å². The fraction of sp³-hybridized carbons (Fsp3) is 0.600. The molecule has 1 aromatic rings. The molecule has 0 amide bonds. The largest absolute Gasteiger partial charge is 0.308 e. The van der Waals surface area contributed by atoms with Crippen molar-refractivity contribution in [3.05, 3.63) is 18.2 Å². The van der Waals surface area contributed by atoms with Gasteiger partial charge in [0.15, 0.2) is 0 Å². The minimum atomic E-state index is -3.50. The molecule has 2 rings (SSSR count). The maximum atomic E-state index is 11.8. The van der Waals surface area contributed by atoms with E-state index >= 15 is 0 Å². The lowest BCUT2D eigenvalue weighted by atomic mass is 10.1. The molecule has 1 aliphatic carbocycles. The number of imidazole rings is 1. The zero-order chi connectivity index (χ0) is 12.6. The van der Waals surface area contributed by atoms with Crippen LogP contribution in [0.3, 0.4) is 0 Å². The molecule has 1 atom stereocenters. The Bertz CT molecular complexity index is 533. The van der Waals surface area contributed by atoms with Crippen molar-refractivity contribution < 1.29 is 13.2 Å². The van der Waals surface area contributed by atoms with Gasteiger partial charge in [-0.15, -0.1) is 0 Å². The summed E-state index contributed by atoms with van der Waals surface area (Å²) in [6.45, 7) is 0. The maximum Gasteiger partial charge on any atom is 0.308 e. The van der Waals surface area contributed by atoms with Crippen LogP contribution in [0.25, 0.3) is 0 Å². The maximum absolute atomic E-state index is 11.8. The number of carbonyl (C=O) groups excluding carboxylic acids is 1. The first-order valence-corrected chi connectivity index (χ1v) is 6.79. The Balaban J connectivity index is 2.25. The molecule has 6 nitrogen and oxygen atoms in total. The number of hydrogen-bond donors (Lipinski definition) is 0. The Labute approximate surface area is 100 Å². The molecule has 1 aliphatic rings. The van der Waals surface area contributed by atoms with E-state index in [1.54, 1.807) is 0 Å². The molecule has 1 aromatic heterocycles. The first-order chi connectivity index (χ1) is 7.91. The van der Waals surface area contributed by atoms with Gasteiger partial charge in [0.1, 0.15) is 12.1 Å². The molecular formula is C10H15N3O3S. The smallest absolute Gasteiger partial charge is 0.300 e. The van der Waals surface area contributed by atoms with Crippen LogP contribution in [0.2, 0.25) is 0 Å². The predicted molar refractivity (Wildman–Crippen MR) is 61.8 cm³/mol. The summed E-state index contributed by atoms with van der Waals surface area (Å²) in [7, 11) is -0.564. The van der Waals surface area contributed by atoms with E-state index in [1.807, 2.05) is 0 Å². The number of ketones is 1. The van der Waals surface area contributed by atoms with Gasteiger partial charge in [-0.05, 0) is 6.42 Å². The SMILES string of the molecule is CN(C)S(=O)(=O)n1cnc(C2CCC(=O)C2)c1. The first kappa shape index (κ1) is 12.3. The number of rotatable bonds is 3. The third-order valence-electron chi connectivity index (χ3n) is 2.97. The van der Waals surface area contributed by atoms with E-state index in [0.717, 1.165) is 14.7 Å². The standard InChI is InChI=1S/C10H15N3O3S/c1-12(2)17(15,16)13-6-10(11-7-13)8-3-4-9(14)5-8/h6-8H,3-5H2,1-2H3. The fourth-order valence-corrected chi connectivity index (χ4v) is 2.70. The molecule has 94 valence electrons. The van der Waals surface area contributed by atoms with Crippen LogP contribution in [0.1, 0.15) is 30.9 Å². The van der Waals surface area contributed by atoms with Crippen LogP contribution < -0.4 is 0 Å². The van der Waals surface area contributed by atoms with Crippen LogP contribution in [-0.2, 0) is 15.0 Å². The van der Waals surface area contributed by atoms with Crippen molar-refractivity contribution in [2.45, 2.75) is 25.2 Å². The van der Waals surface area contributed by atoms with Gasteiger partial charge in [-0.25, -0.2) is 8.96 Å². The zero-order valence-corrected chi connectivity index (χ0v) is 10.6. The first-order valence-electron chi connectivity index (χ1n) is 5.40. The van der Waals surface area contributed by atoms with Gasteiger partial charge >= 0.3 is 10.2 Å². The Hall–Kier alpha value is -1.21. The normalized spacial score (nSPS) is 21.4. The number of carbonyl (C=O) groups is 1. The van der Waals surface area contributed by atoms with E-state index in [-0.39, 0.29) is 11.7 Å². The average Bonchev–Trinajstić information content (AvgIpc) is 2.85. The van der Waals surface area contributed by atoms with Crippen molar-refractivity contribution in [1.29, 1.82) is 0 Å². The van der Waals surface area contributed by atoms with Crippen molar-refractivity contribution in [2.75, 3.05) is 14.1 Å². The molecule has 0 radical (unpaired) electrons. The van der Waals surface area contributed by atoms with Gasteiger partial charge in [0, 0.05) is 39.1 Å². The number of hydrogen-bond acceptors (Lipinski definition) is 4. The van der Waals surface area contributed by atoms with Crippen LogP contribution in [0, 0.1) is 0 Å². The fourth-order valence-electron chi connectivity index (χ4n) is 1.91. The van der Waals surface area contributed by atoms with E-state index in [9.17, 15) is 13.2 Å². The van der Waals surface area contributed by atoms with Crippen molar-refractivity contribution in [2.24, 2.45) is 0 Å². The summed E-state index contributed by atoms with van der Waals surface area (Å²) in [6.07, 6.45) is 4.58. The van der Waals surface area contributed by atoms with Gasteiger partial charge in [0.2, 0.25) is 0 Å². The second kappa shape index (κ2) is 4.23. The van der Waals surface area contributed by atoms with Crippen molar-refractivity contribution in [3.63, 3.8) is 0 Å². The molecule has 1 heterocycles. The summed E-state index contributed by atoms with van der Waals surface area (Å²) < 4.78 is 25.8. The lowest BCUT2D eigenvalue weighted by Gasteiger charge is -2.11. The van der Waals surface area contributed by atoms with E-state index in [0.29, 0.717) is 18.5 Å². The molecule has 17 heavy (non-hydrogen) atoms. The second-order valence-electron chi connectivity index (χ2n) is 4.40.